The highest BCUT2D eigenvalue weighted by atomic mass is 35.5. The van der Waals surface area contributed by atoms with Gasteiger partial charge in [-0.1, -0.05) is 30.1 Å². The second-order valence-electron chi connectivity index (χ2n) is 14.0. The first-order chi connectivity index (χ1) is 23.3. The predicted octanol–water partition coefficient (Wildman–Crippen LogP) is 7.55. The average molecular weight is 763 g/mol. The molecule has 276 valence electrons. The van der Waals surface area contributed by atoms with Crippen molar-refractivity contribution in [3.05, 3.63) is 62.6 Å². The van der Waals surface area contributed by atoms with E-state index in [4.69, 9.17) is 27.9 Å². The minimum Gasteiger partial charge on any atom is -0.444 e. The number of hydrogen-bond donors (Lipinski definition) is 1. The first kappa shape index (κ1) is 39.9. The zero-order chi connectivity index (χ0) is 37.0. The standard InChI is InChI=1S/C35H44Cl2F3N3O6S/c1-5-50(47,48)31-9-8-26(36)16-25(31)19-41-32(45)24-17-28(35(38,39)40)27(29(37)18-24)21-42-12-6-7-23(20-42)30(44)15-22-10-13-43(14-11-22)33(46)49-34(2,3)4/h8-9,16-18,22-23H,5-7,10-15,19-21H2,1-4H3,(H,41,45)/t23-/m0/s1. The highest BCUT2D eigenvalue weighted by molar-refractivity contribution is 7.91. The Hall–Kier alpha value is -2.87. The molecular weight excluding hydrogens is 718 g/mol. The lowest BCUT2D eigenvalue weighted by Gasteiger charge is -2.35. The Bertz CT molecular complexity index is 1690. The summed E-state index contributed by atoms with van der Waals surface area (Å²) in [5, 5.41) is 2.48. The van der Waals surface area contributed by atoms with Gasteiger partial charge in [0.05, 0.1) is 16.2 Å². The number of Topliss-reactive ketones (excluding diaryl/α,β-unsaturated/α-hetero) is 1. The number of alkyl halides is 3. The van der Waals surface area contributed by atoms with E-state index in [0.29, 0.717) is 51.7 Å². The molecule has 2 fully saturated rings. The lowest BCUT2D eigenvalue weighted by Crippen LogP contribution is -2.43. The van der Waals surface area contributed by atoms with Gasteiger partial charge in [0, 0.05) is 60.7 Å². The summed E-state index contributed by atoms with van der Waals surface area (Å²) in [5.41, 5.74) is -1.98. The molecule has 0 aromatic heterocycles. The molecule has 2 aromatic carbocycles. The lowest BCUT2D eigenvalue weighted by molar-refractivity contribution is -0.138. The number of hydrogen-bond acceptors (Lipinski definition) is 7. The van der Waals surface area contributed by atoms with Gasteiger partial charge in [0.25, 0.3) is 5.91 Å². The molecule has 2 aliphatic heterocycles. The molecule has 1 N–H and O–H groups in total. The second-order valence-corrected chi connectivity index (χ2v) is 17.1. The van der Waals surface area contributed by atoms with Gasteiger partial charge in [0.15, 0.2) is 9.84 Å². The Balaban J connectivity index is 1.41. The summed E-state index contributed by atoms with van der Waals surface area (Å²) >= 11 is 12.5. The molecule has 2 aromatic rings. The van der Waals surface area contributed by atoms with Gasteiger partial charge in [-0.05, 0) is 100 Å². The maximum Gasteiger partial charge on any atom is 0.416 e. The van der Waals surface area contributed by atoms with Crippen LogP contribution in [0.2, 0.25) is 10.0 Å². The van der Waals surface area contributed by atoms with Gasteiger partial charge in [-0.25, -0.2) is 13.2 Å². The molecule has 0 unspecified atom stereocenters. The Morgan fingerprint density at radius 2 is 1.68 bits per heavy atom. The van der Waals surface area contributed by atoms with Crippen molar-refractivity contribution in [2.24, 2.45) is 11.8 Å². The molecular formula is C35H44Cl2F3N3O6S. The van der Waals surface area contributed by atoms with Crippen LogP contribution in [0.1, 0.15) is 86.8 Å². The van der Waals surface area contributed by atoms with Crippen LogP contribution in [0.15, 0.2) is 35.2 Å². The number of ether oxygens (including phenoxy) is 1. The number of likely N-dealkylation sites (tertiary alicyclic amines) is 2. The van der Waals surface area contributed by atoms with Crippen molar-refractivity contribution in [1.29, 1.82) is 0 Å². The fourth-order valence-electron chi connectivity index (χ4n) is 6.39. The van der Waals surface area contributed by atoms with Gasteiger partial charge < -0.3 is 15.0 Å². The van der Waals surface area contributed by atoms with Crippen molar-refractivity contribution in [2.45, 2.75) is 89.6 Å². The minimum atomic E-state index is -4.83. The third-order valence-corrected chi connectivity index (χ3v) is 11.4. The van der Waals surface area contributed by atoms with Crippen LogP contribution >= 0.6 is 23.2 Å². The Morgan fingerprint density at radius 3 is 2.30 bits per heavy atom. The van der Waals surface area contributed by atoms with Crippen LogP contribution in [-0.2, 0) is 38.6 Å². The van der Waals surface area contributed by atoms with E-state index in [9.17, 15) is 36.0 Å². The van der Waals surface area contributed by atoms with Crippen molar-refractivity contribution in [3.63, 3.8) is 0 Å². The number of benzene rings is 2. The maximum atomic E-state index is 14.4. The molecule has 0 saturated carbocycles. The third kappa shape index (κ3) is 10.6. The number of halogens is 5. The summed E-state index contributed by atoms with van der Waals surface area (Å²) in [6.45, 7) is 8.21. The van der Waals surface area contributed by atoms with E-state index in [1.807, 2.05) is 20.8 Å². The molecule has 50 heavy (non-hydrogen) atoms. The SMILES string of the molecule is CCS(=O)(=O)c1ccc(Cl)cc1CNC(=O)c1cc(Cl)c(CN2CCC[C@H](C(=O)CC3CCN(C(=O)OC(C)(C)C)CC3)C2)c(C(F)(F)F)c1. The zero-order valence-corrected chi connectivity index (χ0v) is 31.0. The van der Waals surface area contributed by atoms with Crippen LogP contribution in [0.25, 0.3) is 0 Å². The Kier molecular flexibility index (Phi) is 12.9. The van der Waals surface area contributed by atoms with E-state index in [1.54, 1.807) is 9.80 Å². The fourth-order valence-corrected chi connectivity index (χ4v) is 7.98. The third-order valence-electron chi connectivity index (χ3n) is 9.04. The molecule has 9 nitrogen and oxygen atoms in total. The predicted molar refractivity (Wildman–Crippen MR) is 185 cm³/mol. The smallest absolute Gasteiger partial charge is 0.416 e. The summed E-state index contributed by atoms with van der Waals surface area (Å²) in [7, 11) is -3.66. The largest absolute Gasteiger partial charge is 0.444 e. The highest BCUT2D eigenvalue weighted by Crippen LogP contribution is 2.38. The number of nitrogens with zero attached hydrogens (tertiary/aromatic N) is 2. The van der Waals surface area contributed by atoms with Crippen LogP contribution in [0.5, 0.6) is 0 Å². The van der Waals surface area contributed by atoms with Gasteiger partial charge >= 0.3 is 12.3 Å². The first-order valence-corrected chi connectivity index (χ1v) is 19.1. The van der Waals surface area contributed by atoms with Crippen LogP contribution in [0.4, 0.5) is 18.0 Å². The average Bonchev–Trinajstić information content (AvgIpc) is 3.03. The van der Waals surface area contributed by atoms with Crippen LogP contribution in [0, 0.1) is 11.8 Å². The van der Waals surface area contributed by atoms with Crippen LogP contribution in [-0.4, -0.2) is 73.5 Å². The molecule has 0 spiro atoms. The quantitative estimate of drug-likeness (QED) is 0.266. The minimum absolute atomic E-state index is 0.0315. The molecule has 2 heterocycles. The lowest BCUT2D eigenvalue weighted by atomic mass is 9.84. The van der Waals surface area contributed by atoms with Crippen LogP contribution in [0.3, 0.4) is 0 Å². The van der Waals surface area contributed by atoms with E-state index >= 15 is 0 Å². The van der Waals surface area contributed by atoms with E-state index in [0.717, 1.165) is 6.07 Å². The van der Waals surface area contributed by atoms with Crippen molar-refractivity contribution < 1.29 is 40.7 Å². The van der Waals surface area contributed by atoms with Crippen LogP contribution < -0.4 is 5.32 Å². The molecule has 2 saturated heterocycles. The molecule has 1 atom stereocenters. The van der Waals surface area contributed by atoms with Crippen molar-refractivity contribution in [3.8, 4) is 0 Å². The number of carbonyl (C=O) groups excluding carboxylic acids is 3. The van der Waals surface area contributed by atoms with E-state index in [1.165, 1.54) is 31.2 Å². The van der Waals surface area contributed by atoms with Gasteiger partial charge in [0.2, 0.25) is 0 Å². The van der Waals surface area contributed by atoms with Gasteiger partial charge in [-0.2, -0.15) is 13.2 Å². The van der Waals surface area contributed by atoms with E-state index in [2.05, 4.69) is 5.32 Å². The van der Waals surface area contributed by atoms with Gasteiger partial charge in [-0.15, -0.1) is 0 Å². The second kappa shape index (κ2) is 16.2. The molecule has 15 heteroatoms. The molecule has 0 bridgehead atoms. The fraction of sp³-hybridized carbons (Fsp3) is 0.571. The van der Waals surface area contributed by atoms with Gasteiger partial charge in [-0.3, -0.25) is 14.5 Å². The summed E-state index contributed by atoms with van der Waals surface area (Å²) in [5.74, 6) is -1.22. The van der Waals surface area contributed by atoms with Gasteiger partial charge in [0.1, 0.15) is 11.4 Å². The maximum absolute atomic E-state index is 14.4. The molecule has 2 amide bonds. The summed E-state index contributed by atoms with van der Waals surface area (Å²) in [6.07, 6.45) is -2.24. The molecule has 2 aliphatic rings. The Morgan fingerprint density at radius 1 is 1.00 bits per heavy atom. The number of carbonyl (C=O) groups is 3. The number of ketones is 1. The number of rotatable bonds is 10. The molecule has 0 aliphatic carbocycles. The van der Waals surface area contributed by atoms with Crippen molar-refractivity contribution in [1.82, 2.24) is 15.1 Å². The topological polar surface area (TPSA) is 113 Å². The first-order valence-electron chi connectivity index (χ1n) is 16.7. The number of sulfone groups is 1. The van der Waals surface area contributed by atoms with Crippen molar-refractivity contribution in [2.75, 3.05) is 31.9 Å². The summed E-state index contributed by atoms with van der Waals surface area (Å²) < 4.78 is 73.7. The highest BCUT2D eigenvalue weighted by Gasteiger charge is 2.37. The normalized spacial score (nSPS) is 18.2. The van der Waals surface area contributed by atoms with E-state index < -0.39 is 33.1 Å². The number of nitrogens with one attached hydrogen (secondary N) is 1. The summed E-state index contributed by atoms with van der Waals surface area (Å²) in [4.78, 5) is 42.2. The monoisotopic (exact) mass is 761 g/mol. The number of piperidine rings is 2. The molecule has 4 rings (SSSR count). The zero-order valence-electron chi connectivity index (χ0n) is 28.7. The molecule has 0 radical (unpaired) electrons. The van der Waals surface area contributed by atoms with E-state index in [-0.39, 0.29) is 80.7 Å². The number of amides is 2. The van der Waals surface area contributed by atoms with Crippen molar-refractivity contribution >= 4 is 50.8 Å². The Labute approximate surface area is 301 Å². The summed E-state index contributed by atoms with van der Waals surface area (Å²) in [6, 6.07) is 6.02.